The van der Waals surface area contributed by atoms with Gasteiger partial charge in [0, 0.05) is 0 Å². The van der Waals surface area contributed by atoms with Crippen molar-refractivity contribution in [1.82, 2.24) is 4.98 Å². The smallest absolute Gasteiger partial charge is 0.182 e. The molecule has 1 aromatic heterocycles. The summed E-state index contributed by atoms with van der Waals surface area (Å²) in [4.78, 5) is 3.62. The Hall–Kier alpha value is -0.280. The van der Waals surface area contributed by atoms with Gasteiger partial charge in [0.15, 0.2) is 10.3 Å². The van der Waals surface area contributed by atoms with E-state index in [-0.39, 0.29) is 0 Å². The second-order valence-electron chi connectivity index (χ2n) is 0.945. The second kappa shape index (κ2) is 1.68. The molecule has 0 fully saturated rings. The van der Waals surface area contributed by atoms with Gasteiger partial charge in [-0.25, -0.2) is 4.98 Å². The van der Waals surface area contributed by atoms with Crippen LogP contribution in [0.5, 0.6) is 0 Å². The maximum Gasteiger partial charge on any atom is 0.182 e. The van der Waals surface area contributed by atoms with E-state index in [1.54, 1.807) is 0 Å². The van der Waals surface area contributed by atoms with Crippen LogP contribution in [0, 0.1) is 5.38 Å². The highest BCUT2D eigenvalue weighted by Gasteiger charge is 1.90. The first-order chi connectivity index (χ1) is 3.29. The van der Waals surface area contributed by atoms with E-state index in [4.69, 9.17) is 17.3 Å². The maximum absolute atomic E-state index is 5.32. The lowest BCUT2D eigenvalue weighted by Gasteiger charge is -1.70. The fraction of sp³-hybridized carbons (Fsp3) is 0. The average Bonchev–Trinajstić information content (AvgIpc) is 1.87. The fourth-order valence-corrected chi connectivity index (χ4v) is 0.865. The third-order valence-electron chi connectivity index (χ3n) is 0.448. The van der Waals surface area contributed by atoms with E-state index in [0.717, 1.165) is 0 Å². The molecule has 1 heterocycles. The number of rotatable bonds is 0. The van der Waals surface area contributed by atoms with Gasteiger partial charge in [0.05, 0.1) is 5.38 Å². The number of hydrogen-bond acceptors (Lipinski definition) is 3. The van der Waals surface area contributed by atoms with Crippen molar-refractivity contribution in [3.05, 3.63) is 10.5 Å². The molecule has 4 heteroatoms. The lowest BCUT2D eigenvalue weighted by molar-refractivity contribution is 1.42. The molecule has 0 bridgehead atoms. The molecule has 0 aromatic carbocycles. The number of nitrogens with zero attached hydrogens (tertiary/aromatic N) is 1. The Balaban J connectivity index is 3.04. The lowest BCUT2D eigenvalue weighted by atomic mass is 11.0. The molecule has 37 valence electrons. The molecule has 0 saturated heterocycles. The molecule has 1 radical (unpaired) electrons. The summed E-state index contributed by atoms with van der Waals surface area (Å²) >= 11 is 6.54. The van der Waals surface area contributed by atoms with Gasteiger partial charge in [-0.15, -0.1) is 0 Å². The minimum atomic E-state index is 0.350. The molecule has 0 saturated carbocycles. The van der Waals surface area contributed by atoms with Crippen LogP contribution in [-0.2, 0) is 0 Å². The van der Waals surface area contributed by atoms with Crippen molar-refractivity contribution < 1.29 is 0 Å². The molecule has 2 nitrogen and oxygen atoms in total. The Morgan fingerprint density at radius 2 is 2.57 bits per heavy atom. The van der Waals surface area contributed by atoms with Crippen LogP contribution in [0.25, 0.3) is 0 Å². The monoisotopic (exact) mass is 133 g/mol. The summed E-state index contributed by atoms with van der Waals surface area (Å²) in [5, 5.41) is 3.45. The first-order valence-electron chi connectivity index (χ1n) is 1.58. The Bertz CT molecular complexity index is 145. The summed E-state index contributed by atoms with van der Waals surface area (Å²) < 4.78 is 0. The van der Waals surface area contributed by atoms with Crippen molar-refractivity contribution in [3.63, 3.8) is 0 Å². The third-order valence-corrected chi connectivity index (χ3v) is 1.34. The van der Waals surface area contributed by atoms with E-state index >= 15 is 0 Å². The molecule has 1 rings (SSSR count). The first kappa shape index (κ1) is 4.87. The first-order valence-corrected chi connectivity index (χ1v) is 2.78. The summed E-state index contributed by atoms with van der Waals surface area (Å²) in [6.45, 7) is 0. The second-order valence-corrected chi connectivity index (χ2v) is 2.13. The summed E-state index contributed by atoms with van der Waals surface area (Å²) in [7, 11) is 0. The van der Waals surface area contributed by atoms with Gasteiger partial charge in [-0.05, 0) is 0 Å². The predicted octanol–water partition coefficient (Wildman–Crippen LogP) is 1.18. The molecule has 0 spiro atoms. The lowest BCUT2D eigenvalue weighted by Crippen LogP contribution is -1.78. The summed E-state index contributed by atoms with van der Waals surface area (Å²) in [6, 6.07) is 0. The minimum Gasteiger partial charge on any atom is -0.375 e. The Morgan fingerprint density at radius 3 is 2.71 bits per heavy atom. The summed E-state index contributed by atoms with van der Waals surface area (Å²) in [5.41, 5.74) is 5.17. The highest BCUT2D eigenvalue weighted by atomic mass is 35.5. The molecule has 0 unspecified atom stereocenters. The van der Waals surface area contributed by atoms with E-state index in [1.807, 2.05) is 0 Å². The van der Waals surface area contributed by atoms with Crippen molar-refractivity contribution in [2.75, 3.05) is 5.73 Å². The molecular weight excluding hydrogens is 132 g/mol. The van der Waals surface area contributed by atoms with Crippen LogP contribution in [0.3, 0.4) is 0 Å². The van der Waals surface area contributed by atoms with E-state index in [1.165, 1.54) is 11.3 Å². The predicted molar refractivity (Wildman–Crippen MR) is 30.4 cm³/mol. The highest BCUT2D eigenvalue weighted by molar-refractivity contribution is 7.13. The van der Waals surface area contributed by atoms with Crippen molar-refractivity contribution >= 4 is 28.1 Å². The van der Waals surface area contributed by atoms with Gasteiger partial charge in [0.2, 0.25) is 0 Å². The van der Waals surface area contributed by atoms with Crippen LogP contribution in [-0.4, -0.2) is 4.98 Å². The van der Waals surface area contributed by atoms with Gasteiger partial charge in [-0.1, -0.05) is 22.9 Å². The van der Waals surface area contributed by atoms with Gasteiger partial charge >= 0.3 is 0 Å². The van der Waals surface area contributed by atoms with E-state index in [2.05, 4.69) is 10.4 Å². The van der Waals surface area contributed by atoms with Crippen LogP contribution in [0.15, 0.2) is 0 Å². The van der Waals surface area contributed by atoms with Crippen LogP contribution < -0.4 is 5.73 Å². The standard InChI is InChI=1S/C3H2ClN2S/c4-2-1-7-3(5)6-2/h(H2,5,6). The number of anilines is 1. The zero-order chi connectivity index (χ0) is 5.28. The number of nitrogens with two attached hydrogens (primary N) is 1. The van der Waals surface area contributed by atoms with Crippen LogP contribution in [0.4, 0.5) is 5.13 Å². The van der Waals surface area contributed by atoms with Crippen molar-refractivity contribution in [2.45, 2.75) is 0 Å². The van der Waals surface area contributed by atoms with Crippen LogP contribution in [0.2, 0.25) is 5.15 Å². The SMILES string of the molecule is Nc1nc(Cl)[c]s1. The minimum absolute atomic E-state index is 0.350. The molecule has 2 N–H and O–H groups in total. The average molecular weight is 134 g/mol. The zero-order valence-corrected chi connectivity index (χ0v) is 4.88. The number of thiazole rings is 1. The number of nitrogen functional groups attached to an aromatic ring is 1. The third kappa shape index (κ3) is 1.04. The molecule has 0 aliphatic carbocycles. The van der Waals surface area contributed by atoms with Gasteiger partial charge in [0.25, 0.3) is 0 Å². The molecule has 0 aliphatic rings. The fourth-order valence-electron chi connectivity index (χ4n) is 0.237. The topological polar surface area (TPSA) is 38.9 Å². The number of halogens is 1. The van der Waals surface area contributed by atoms with E-state index in [9.17, 15) is 0 Å². The van der Waals surface area contributed by atoms with E-state index < -0.39 is 0 Å². The van der Waals surface area contributed by atoms with Crippen molar-refractivity contribution in [1.29, 1.82) is 0 Å². The molecule has 7 heavy (non-hydrogen) atoms. The normalized spacial score (nSPS) is 9.29. The Morgan fingerprint density at radius 1 is 1.86 bits per heavy atom. The Labute approximate surface area is 49.9 Å². The molecule has 1 aromatic rings. The van der Waals surface area contributed by atoms with Crippen molar-refractivity contribution in [3.8, 4) is 0 Å². The summed E-state index contributed by atoms with van der Waals surface area (Å²) in [5.74, 6) is 0. The number of aromatic nitrogens is 1. The largest absolute Gasteiger partial charge is 0.375 e. The molecule has 0 atom stereocenters. The van der Waals surface area contributed by atoms with Gasteiger partial charge in [-0.3, -0.25) is 0 Å². The maximum atomic E-state index is 5.32. The molecular formula is C3H2ClN2S. The van der Waals surface area contributed by atoms with Crippen LogP contribution >= 0.6 is 22.9 Å². The van der Waals surface area contributed by atoms with Gasteiger partial charge in [-0.2, -0.15) is 0 Å². The van der Waals surface area contributed by atoms with Crippen LogP contribution in [0.1, 0.15) is 0 Å². The van der Waals surface area contributed by atoms with Crippen molar-refractivity contribution in [2.24, 2.45) is 0 Å². The highest BCUT2D eigenvalue weighted by Crippen LogP contribution is 2.13. The quantitative estimate of drug-likeness (QED) is 0.577. The van der Waals surface area contributed by atoms with Gasteiger partial charge in [0.1, 0.15) is 0 Å². The zero-order valence-electron chi connectivity index (χ0n) is 3.31. The van der Waals surface area contributed by atoms with E-state index in [0.29, 0.717) is 10.3 Å². The molecule has 0 amide bonds. The Kier molecular flexibility index (Phi) is 1.17. The number of hydrogen-bond donors (Lipinski definition) is 1. The molecule has 0 aliphatic heterocycles. The van der Waals surface area contributed by atoms with Gasteiger partial charge < -0.3 is 5.73 Å². The summed E-state index contributed by atoms with van der Waals surface area (Å²) in [6.07, 6.45) is 0.